The van der Waals surface area contributed by atoms with Crippen molar-refractivity contribution < 1.29 is 4.79 Å². The zero-order valence-electron chi connectivity index (χ0n) is 7.74. The third-order valence-electron chi connectivity index (χ3n) is 1.50. The number of rotatable bonds is 3. The molecule has 1 aromatic heterocycles. The van der Waals surface area contributed by atoms with Gasteiger partial charge in [0.1, 0.15) is 0 Å². The van der Waals surface area contributed by atoms with Gasteiger partial charge in [0.05, 0.1) is 0 Å². The molecule has 1 heterocycles. The number of nitrogens with zero attached hydrogens (tertiary/aromatic N) is 3. The number of aryl methyl sites for hydroxylation is 1. The number of carbonyl (C=O) groups excluding carboxylic acids is 1. The summed E-state index contributed by atoms with van der Waals surface area (Å²) in [7, 11) is 0. The first-order valence-electron chi connectivity index (χ1n) is 4.12. The van der Waals surface area contributed by atoms with Crippen LogP contribution in [-0.2, 0) is 11.2 Å². The smallest absolute Gasteiger partial charge is 0.241 e. The van der Waals surface area contributed by atoms with Gasteiger partial charge in [0.25, 0.3) is 0 Å². The summed E-state index contributed by atoms with van der Waals surface area (Å²) in [4.78, 5) is 10.8. The van der Waals surface area contributed by atoms with Gasteiger partial charge < -0.3 is 5.73 Å². The Bertz CT molecular complexity index is 306. The van der Waals surface area contributed by atoms with Crippen molar-refractivity contribution in [3.8, 4) is 0 Å². The van der Waals surface area contributed by atoms with Gasteiger partial charge in [-0.25, -0.2) is 4.68 Å². The van der Waals surface area contributed by atoms with E-state index in [-0.39, 0.29) is 11.9 Å². The second-order valence-electron chi connectivity index (χ2n) is 2.73. The third kappa shape index (κ3) is 2.17. The predicted molar refractivity (Wildman–Crippen MR) is 48.5 cm³/mol. The normalized spacial score (nSPS) is 10.0. The van der Waals surface area contributed by atoms with Gasteiger partial charge in [-0.05, 0) is 6.42 Å². The van der Waals surface area contributed by atoms with Crippen LogP contribution < -0.4 is 11.2 Å². The van der Waals surface area contributed by atoms with Gasteiger partial charge in [-0.15, -0.1) is 10.2 Å². The van der Waals surface area contributed by atoms with Gasteiger partial charge in [0.15, 0.2) is 5.82 Å². The lowest BCUT2D eigenvalue weighted by Crippen LogP contribution is -2.23. The fourth-order valence-corrected chi connectivity index (χ4v) is 0.995. The van der Waals surface area contributed by atoms with Crippen LogP contribution in [0.3, 0.4) is 0 Å². The molecule has 6 nitrogen and oxygen atoms in total. The Kier molecular flexibility index (Phi) is 2.84. The van der Waals surface area contributed by atoms with Crippen LogP contribution in [0.5, 0.6) is 0 Å². The highest BCUT2D eigenvalue weighted by atomic mass is 16.2. The number of nitrogens with one attached hydrogen (secondary N) is 1. The molecule has 1 aromatic rings. The van der Waals surface area contributed by atoms with E-state index in [1.807, 2.05) is 6.92 Å². The number of aromatic nitrogens is 3. The largest absolute Gasteiger partial charge is 0.366 e. The molecule has 1 rings (SSSR count). The molecule has 6 heteroatoms. The van der Waals surface area contributed by atoms with E-state index in [0.717, 1.165) is 12.8 Å². The van der Waals surface area contributed by atoms with Crippen LogP contribution in [0.25, 0.3) is 0 Å². The lowest BCUT2D eigenvalue weighted by Gasteiger charge is -2.06. The van der Waals surface area contributed by atoms with Crippen LogP contribution in [0.2, 0.25) is 0 Å². The van der Waals surface area contributed by atoms with Crippen molar-refractivity contribution in [2.24, 2.45) is 0 Å². The third-order valence-corrected chi connectivity index (χ3v) is 1.50. The molecule has 0 aliphatic heterocycles. The average Bonchev–Trinajstić information content (AvgIpc) is 2.36. The quantitative estimate of drug-likeness (QED) is 0.685. The van der Waals surface area contributed by atoms with E-state index in [4.69, 9.17) is 5.73 Å². The topological polar surface area (TPSA) is 85.8 Å². The van der Waals surface area contributed by atoms with Crippen molar-refractivity contribution in [1.29, 1.82) is 0 Å². The summed E-state index contributed by atoms with van der Waals surface area (Å²) in [6.07, 6.45) is 1.67. The Labute approximate surface area is 76.1 Å². The molecular formula is C7H13N5O. The lowest BCUT2D eigenvalue weighted by atomic mass is 10.3. The SMILES string of the molecule is CCCc1nnc(N)n1NC(C)=O. The van der Waals surface area contributed by atoms with Gasteiger partial charge >= 0.3 is 0 Å². The Balaban J connectivity index is 2.87. The molecule has 0 bridgehead atoms. The van der Waals surface area contributed by atoms with Crippen molar-refractivity contribution in [1.82, 2.24) is 14.9 Å². The Morgan fingerprint density at radius 3 is 2.85 bits per heavy atom. The number of hydrogen-bond donors (Lipinski definition) is 2. The molecule has 0 aliphatic carbocycles. The molecule has 0 saturated carbocycles. The van der Waals surface area contributed by atoms with E-state index in [1.54, 1.807) is 0 Å². The van der Waals surface area contributed by atoms with Gasteiger partial charge in [0.2, 0.25) is 11.9 Å². The van der Waals surface area contributed by atoms with E-state index in [1.165, 1.54) is 11.6 Å². The fraction of sp³-hybridized carbons (Fsp3) is 0.571. The Morgan fingerprint density at radius 1 is 1.62 bits per heavy atom. The van der Waals surface area contributed by atoms with Crippen molar-refractivity contribution >= 4 is 11.9 Å². The van der Waals surface area contributed by atoms with E-state index in [0.29, 0.717) is 5.82 Å². The predicted octanol–water partition coefficient (Wildman–Crippen LogP) is -0.0972. The van der Waals surface area contributed by atoms with Crippen LogP contribution in [0.15, 0.2) is 0 Å². The van der Waals surface area contributed by atoms with Gasteiger partial charge in [0, 0.05) is 13.3 Å². The van der Waals surface area contributed by atoms with Crippen LogP contribution in [0.1, 0.15) is 26.1 Å². The maximum atomic E-state index is 10.8. The molecule has 0 aromatic carbocycles. The van der Waals surface area contributed by atoms with Crippen LogP contribution in [0, 0.1) is 0 Å². The zero-order valence-corrected chi connectivity index (χ0v) is 7.74. The summed E-state index contributed by atoms with van der Waals surface area (Å²) in [5, 5.41) is 7.50. The summed E-state index contributed by atoms with van der Waals surface area (Å²) in [6.45, 7) is 3.43. The zero-order chi connectivity index (χ0) is 9.84. The van der Waals surface area contributed by atoms with Crippen LogP contribution >= 0.6 is 0 Å². The molecule has 13 heavy (non-hydrogen) atoms. The molecule has 0 spiro atoms. The summed E-state index contributed by atoms with van der Waals surface area (Å²) >= 11 is 0. The summed E-state index contributed by atoms with van der Waals surface area (Å²) in [5.74, 6) is 0.692. The van der Waals surface area contributed by atoms with Gasteiger partial charge in [-0.1, -0.05) is 6.92 Å². The minimum atomic E-state index is -0.191. The summed E-state index contributed by atoms with van der Waals surface area (Å²) in [6, 6.07) is 0. The first-order valence-corrected chi connectivity index (χ1v) is 4.12. The molecule has 3 N–H and O–H groups in total. The Hall–Kier alpha value is -1.59. The maximum Gasteiger partial charge on any atom is 0.241 e. The maximum absolute atomic E-state index is 10.8. The van der Waals surface area contributed by atoms with Gasteiger partial charge in [-0.3, -0.25) is 10.2 Å². The monoisotopic (exact) mass is 183 g/mol. The molecule has 0 unspecified atom stereocenters. The highest BCUT2D eigenvalue weighted by Gasteiger charge is 2.08. The van der Waals surface area contributed by atoms with Crippen molar-refractivity contribution in [2.45, 2.75) is 26.7 Å². The molecule has 0 radical (unpaired) electrons. The molecule has 0 aliphatic rings. The minimum Gasteiger partial charge on any atom is -0.366 e. The summed E-state index contributed by atoms with van der Waals surface area (Å²) in [5.41, 5.74) is 8.03. The average molecular weight is 183 g/mol. The van der Waals surface area contributed by atoms with Gasteiger partial charge in [-0.2, -0.15) is 0 Å². The molecule has 72 valence electrons. The molecule has 0 saturated heterocycles. The Morgan fingerprint density at radius 2 is 2.31 bits per heavy atom. The number of hydrogen-bond acceptors (Lipinski definition) is 4. The molecule has 0 fully saturated rings. The molecular weight excluding hydrogens is 170 g/mol. The second-order valence-corrected chi connectivity index (χ2v) is 2.73. The fourth-order valence-electron chi connectivity index (χ4n) is 0.995. The standard InChI is InChI=1S/C7H13N5O/c1-3-4-6-9-10-7(8)12(6)11-5(2)13/h3-4H2,1-2H3,(H2,8,10)(H,11,13). The van der Waals surface area contributed by atoms with Crippen LogP contribution in [0.4, 0.5) is 5.95 Å². The second kappa shape index (κ2) is 3.88. The number of carbonyl (C=O) groups is 1. The highest BCUT2D eigenvalue weighted by Crippen LogP contribution is 2.02. The molecule has 1 amide bonds. The number of amides is 1. The minimum absolute atomic E-state index is 0.191. The van der Waals surface area contributed by atoms with E-state index in [2.05, 4.69) is 15.6 Å². The lowest BCUT2D eigenvalue weighted by molar-refractivity contribution is -0.115. The number of nitrogens with two attached hydrogens (primary N) is 1. The van der Waals surface area contributed by atoms with Crippen molar-refractivity contribution in [3.05, 3.63) is 5.82 Å². The number of anilines is 1. The van der Waals surface area contributed by atoms with Crippen LogP contribution in [-0.4, -0.2) is 20.8 Å². The first kappa shape index (κ1) is 9.50. The number of nitrogen functional groups attached to an aromatic ring is 1. The highest BCUT2D eigenvalue weighted by molar-refractivity contribution is 5.81. The molecule has 0 atom stereocenters. The van der Waals surface area contributed by atoms with Crippen molar-refractivity contribution in [3.63, 3.8) is 0 Å². The van der Waals surface area contributed by atoms with E-state index >= 15 is 0 Å². The first-order chi connectivity index (χ1) is 6.15. The van der Waals surface area contributed by atoms with E-state index in [9.17, 15) is 4.79 Å². The summed E-state index contributed by atoms with van der Waals surface area (Å²) < 4.78 is 1.41. The van der Waals surface area contributed by atoms with E-state index < -0.39 is 0 Å². The van der Waals surface area contributed by atoms with Crippen molar-refractivity contribution in [2.75, 3.05) is 11.2 Å².